The molecule has 0 saturated carbocycles. The molecule has 72 valence electrons. The van der Waals surface area contributed by atoms with E-state index in [1.807, 2.05) is 12.1 Å². The minimum Gasteiger partial charge on any atom is -0.241 e. The van der Waals surface area contributed by atoms with Gasteiger partial charge in [-0.25, -0.2) is 4.98 Å². The number of rotatable bonds is 2. The van der Waals surface area contributed by atoms with Gasteiger partial charge in [-0.15, -0.1) is 11.3 Å². The molecule has 0 radical (unpaired) electrons. The lowest BCUT2D eigenvalue weighted by molar-refractivity contribution is 1.10. The highest BCUT2D eigenvalue weighted by Crippen LogP contribution is 2.24. The molecule has 0 spiro atoms. The Kier molecular flexibility index (Phi) is 2.99. The van der Waals surface area contributed by atoms with Crippen LogP contribution in [0.4, 0.5) is 0 Å². The predicted octanol–water partition coefficient (Wildman–Crippen LogP) is 4.14. The van der Waals surface area contributed by atoms with Crippen molar-refractivity contribution in [3.05, 3.63) is 39.1 Å². The molecular formula is C11H10BrNS. The fraction of sp³-hybridized carbons (Fsp3) is 0.182. The molecule has 1 aromatic carbocycles. The van der Waals surface area contributed by atoms with Crippen molar-refractivity contribution in [2.24, 2.45) is 0 Å². The molecule has 2 aromatic rings. The lowest BCUT2D eigenvalue weighted by Crippen LogP contribution is -1.80. The average Bonchev–Trinajstić information content (AvgIpc) is 2.66. The van der Waals surface area contributed by atoms with E-state index in [1.165, 1.54) is 10.6 Å². The van der Waals surface area contributed by atoms with Gasteiger partial charge in [0.15, 0.2) is 0 Å². The maximum Gasteiger partial charge on any atom is 0.0929 e. The lowest BCUT2D eigenvalue weighted by Gasteiger charge is -1.96. The van der Waals surface area contributed by atoms with Crippen molar-refractivity contribution < 1.29 is 0 Å². The summed E-state index contributed by atoms with van der Waals surface area (Å²) >= 11 is 5.18. The molecule has 0 N–H and O–H groups in total. The van der Waals surface area contributed by atoms with Crippen LogP contribution in [0.3, 0.4) is 0 Å². The van der Waals surface area contributed by atoms with Crippen LogP contribution >= 0.6 is 27.3 Å². The topological polar surface area (TPSA) is 12.9 Å². The fourth-order valence-corrected chi connectivity index (χ4v) is 2.41. The van der Waals surface area contributed by atoms with Gasteiger partial charge in [-0.1, -0.05) is 35.0 Å². The smallest absolute Gasteiger partial charge is 0.0929 e. The Morgan fingerprint density at radius 1 is 1.43 bits per heavy atom. The highest BCUT2D eigenvalue weighted by molar-refractivity contribution is 9.10. The van der Waals surface area contributed by atoms with Crippen LogP contribution in [0.15, 0.2) is 34.1 Å². The normalized spacial score (nSPS) is 10.4. The third kappa shape index (κ3) is 2.04. The van der Waals surface area contributed by atoms with Gasteiger partial charge >= 0.3 is 0 Å². The second-order valence-electron chi connectivity index (χ2n) is 2.99. The van der Waals surface area contributed by atoms with Crippen LogP contribution in [-0.2, 0) is 6.42 Å². The summed E-state index contributed by atoms with van der Waals surface area (Å²) in [5.74, 6) is 0. The van der Waals surface area contributed by atoms with Gasteiger partial charge in [0.1, 0.15) is 0 Å². The Hall–Kier alpha value is -0.670. The molecule has 0 unspecified atom stereocenters. The zero-order valence-corrected chi connectivity index (χ0v) is 10.2. The number of benzene rings is 1. The lowest BCUT2D eigenvalue weighted by atomic mass is 10.2. The van der Waals surface area contributed by atoms with E-state index in [0.717, 1.165) is 16.6 Å². The molecule has 0 aliphatic carbocycles. The highest BCUT2D eigenvalue weighted by Gasteiger charge is 2.02. The Morgan fingerprint density at radius 3 is 2.93 bits per heavy atom. The molecule has 0 saturated heterocycles. The maximum absolute atomic E-state index is 4.54. The summed E-state index contributed by atoms with van der Waals surface area (Å²) in [6.45, 7) is 2.13. The van der Waals surface area contributed by atoms with Gasteiger partial charge in [0.2, 0.25) is 0 Å². The SMILES string of the molecule is CCc1nc(-c2cccc(Br)c2)cs1. The second kappa shape index (κ2) is 4.24. The first-order valence-electron chi connectivity index (χ1n) is 4.50. The number of halogens is 1. The third-order valence-electron chi connectivity index (χ3n) is 1.97. The summed E-state index contributed by atoms with van der Waals surface area (Å²) in [4.78, 5) is 4.54. The highest BCUT2D eigenvalue weighted by atomic mass is 79.9. The molecule has 0 bridgehead atoms. The van der Waals surface area contributed by atoms with Gasteiger partial charge in [0.25, 0.3) is 0 Å². The van der Waals surface area contributed by atoms with Crippen molar-refractivity contribution in [2.75, 3.05) is 0 Å². The Balaban J connectivity index is 2.39. The molecule has 3 heteroatoms. The summed E-state index contributed by atoms with van der Waals surface area (Å²) < 4.78 is 1.10. The van der Waals surface area contributed by atoms with Crippen LogP contribution < -0.4 is 0 Å². The van der Waals surface area contributed by atoms with Crippen molar-refractivity contribution >= 4 is 27.3 Å². The summed E-state index contributed by atoms with van der Waals surface area (Å²) in [7, 11) is 0. The van der Waals surface area contributed by atoms with Crippen LogP contribution in [0.1, 0.15) is 11.9 Å². The zero-order valence-electron chi connectivity index (χ0n) is 7.83. The summed E-state index contributed by atoms with van der Waals surface area (Å²) in [5, 5.41) is 3.31. The Labute approximate surface area is 95.9 Å². The van der Waals surface area contributed by atoms with E-state index in [-0.39, 0.29) is 0 Å². The number of hydrogen-bond acceptors (Lipinski definition) is 2. The van der Waals surface area contributed by atoms with Gasteiger partial charge in [-0.05, 0) is 18.6 Å². The van der Waals surface area contributed by atoms with Crippen molar-refractivity contribution in [3.8, 4) is 11.3 Å². The first kappa shape index (κ1) is 9.87. The average molecular weight is 268 g/mol. The van der Waals surface area contributed by atoms with Gasteiger partial charge in [0, 0.05) is 15.4 Å². The summed E-state index contributed by atoms with van der Waals surface area (Å²) in [6, 6.07) is 8.23. The molecule has 1 aromatic heterocycles. The molecule has 2 rings (SSSR count). The van der Waals surface area contributed by atoms with Gasteiger partial charge < -0.3 is 0 Å². The van der Waals surface area contributed by atoms with E-state index in [9.17, 15) is 0 Å². The van der Waals surface area contributed by atoms with Crippen LogP contribution in [0, 0.1) is 0 Å². The quantitative estimate of drug-likeness (QED) is 0.797. The first-order chi connectivity index (χ1) is 6.79. The summed E-state index contributed by atoms with van der Waals surface area (Å²) in [5.41, 5.74) is 2.25. The minimum atomic E-state index is 1.01. The molecule has 0 aliphatic rings. The van der Waals surface area contributed by atoms with Crippen molar-refractivity contribution in [1.29, 1.82) is 0 Å². The fourth-order valence-electron chi connectivity index (χ4n) is 1.25. The third-order valence-corrected chi connectivity index (χ3v) is 3.46. The molecular weight excluding hydrogens is 258 g/mol. The van der Waals surface area contributed by atoms with Crippen LogP contribution in [0.2, 0.25) is 0 Å². The van der Waals surface area contributed by atoms with E-state index in [4.69, 9.17) is 0 Å². The Bertz CT molecular complexity index is 436. The molecule has 0 aliphatic heterocycles. The van der Waals surface area contributed by atoms with Gasteiger partial charge in [-0.2, -0.15) is 0 Å². The predicted molar refractivity (Wildman–Crippen MR) is 64.6 cm³/mol. The van der Waals surface area contributed by atoms with Gasteiger partial charge in [0.05, 0.1) is 10.7 Å². The standard InChI is InChI=1S/C11H10BrNS/c1-2-11-13-10(7-14-11)8-4-3-5-9(12)6-8/h3-7H,2H2,1H3. The van der Waals surface area contributed by atoms with Crippen LogP contribution in [0.5, 0.6) is 0 Å². The largest absolute Gasteiger partial charge is 0.241 e. The number of aromatic nitrogens is 1. The van der Waals surface area contributed by atoms with Crippen LogP contribution in [-0.4, -0.2) is 4.98 Å². The monoisotopic (exact) mass is 267 g/mol. The molecule has 14 heavy (non-hydrogen) atoms. The van der Waals surface area contributed by atoms with Crippen LogP contribution in [0.25, 0.3) is 11.3 Å². The maximum atomic E-state index is 4.54. The molecule has 0 fully saturated rings. The van der Waals surface area contributed by atoms with E-state index >= 15 is 0 Å². The van der Waals surface area contributed by atoms with E-state index < -0.39 is 0 Å². The first-order valence-corrected chi connectivity index (χ1v) is 6.17. The number of aryl methyl sites for hydroxylation is 1. The molecule has 0 atom stereocenters. The van der Waals surface area contributed by atoms with Crippen molar-refractivity contribution in [1.82, 2.24) is 4.98 Å². The number of hydrogen-bond donors (Lipinski definition) is 0. The molecule has 0 amide bonds. The zero-order chi connectivity index (χ0) is 9.97. The molecule has 1 nitrogen and oxygen atoms in total. The van der Waals surface area contributed by atoms with Crippen molar-refractivity contribution in [2.45, 2.75) is 13.3 Å². The second-order valence-corrected chi connectivity index (χ2v) is 4.85. The number of nitrogens with zero attached hydrogens (tertiary/aromatic N) is 1. The minimum absolute atomic E-state index is 1.01. The van der Waals surface area contributed by atoms with E-state index in [1.54, 1.807) is 11.3 Å². The number of thiazole rings is 1. The Morgan fingerprint density at radius 2 is 2.29 bits per heavy atom. The van der Waals surface area contributed by atoms with Crippen molar-refractivity contribution in [3.63, 3.8) is 0 Å². The van der Waals surface area contributed by atoms with E-state index in [2.05, 4.69) is 45.4 Å². The molecule has 1 heterocycles. The summed E-state index contributed by atoms with van der Waals surface area (Å²) in [6.07, 6.45) is 1.01. The van der Waals surface area contributed by atoms with Gasteiger partial charge in [-0.3, -0.25) is 0 Å². The van der Waals surface area contributed by atoms with E-state index in [0.29, 0.717) is 0 Å².